The lowest BCUT2D eigenvalue weighted by Gasteiger charge is -2.32. The summed E-state index contributed by atoms with van der Waals surface area (Å²) in [7, 11) is 0. The molecule has 2 aromatic carbocycles. The summed E-state index contributed by atoms with van der Waals surface area (Å²) >= 11 is 8.11. The van der Waals surface area contributed by atoms with E-state index in [0.717, 1.165) is 35.4 Å². The van der Waals surface area contributed by atoms with Gasteiger partial charge in [-0.1, -0.05) is 71.9 Å². The Labute approximate surface area is 178 Å². The quantitative estimate of drug-likeness (QED) is 0.582. The molecule has 5 rings (SSSR count). The van der Waals surface area contributed by atoms with Crippen LogP contribution in [0.4, 0.5) is 5.95 Å². The van der Waals surface area contributed by atoms with Crippen molar-refractivity contribution < 1.29 is 4.79 Å². The Bertz CT molecular complexity index is 1110. The molecule has 0 fully saturated rings. The van der Waals surface area contributed by atoms with Crippen molar-refractivity contribution in [3.8, 4) is 0 Å². The zero-order valence-electron chi connectivity index (χ0n) is 15.6. The van der Waals surface area contributed by atoms with Gasteiger partial charge in [0.15, 0.2) is 5.78 Å². The van der Waals surface area contributed by atoms with E-state index in [9.17, 15) is 4.79 Å². The lowest BCUT2D eigenvalue weighted by Crippen LogP contribution is -2.31. The number of nitrogens with one attached hydrogen (secondary N) is 1. The SMILES string of the molecule is O=C1CCCC2=C1C(c1ccccc1Cl)n1nc(SCc3ccccc3)nc1N2. The predicted octanol–water partition coefficient (Wildman–Crippen LogP) is 5.25. The maximum absolute atomic E-state index is 12.8. The number of aromatic nitrogens is 3. The number of anilines is 1. The van der Waals surface area contributed by atoms with Crippen LogP contribution in [0.15, 0.2) is 71.0 Å². The maximum atomic E-state index is 12.8. The Balaban J connectivity index is 1.54. The van der Waals surface area contributed by atoms with Crippen molar-refractivity contribution in [3.05, 3.63) is 82.0 Å². The maximum Gasteiger partial charge on any atom is 0.227 e. The van der Waals surface area contributed by atoms with Crippen LogP contribution in [-0.4, -0.2) is 20.5 Å². The monoisotopic (exact) mass is 422 g/mol. The average Bonchev–Trinajstić information content (AvgIpc) is 3.15. The first kappa shape index (κ1) is 18.5. The predicted molar refractivity (Wildman–Crippen MR) is 115 cm³/mol. The van der Waals surface area contributed by atoms with Gasteiger partial charge in [0.1, 0.15) is 6.04 Å². The van der Waals surface area contributed by atoms with Crippen LogP contribution >= 0.6 is 23.4 Å². The zero-order chi connectivity index (χ0) is 19.8. The fraction of sp³-hybridized carbons (Fsp3) is 0.227. The lowest BCUT2D eigenvalue weighted by molar-refractivity contribution is -0.116. The van der Waals surface area contributed by atoms with E-state index in [-0.39, 0.29) is 11.8 Å². The van der Waals surface area contributed by atoms with Crippen molar-refractivity contribution >= 4 is 35.1 Å². The van der Waals surface area contributed by atoms with Gasteiger partial charge in [-0.15, -0.1) is 5.10 Å². The summed E-state index contributed by atoms with van der Waals surface area (Å²) in [4.78, 5) is 17.5. The summed E-state index contributed by atoms with van der Waals surface area (Å²) in [5.74, 6) is 1.61. The van der Waals surface area contributed by atoms with E-state index in [2.05, 4.69) is 17.4 Å². The second-order valence-electron chi connectivity index (χ2n) is 7.15. The summed E-state index contributed by atoms with van der Waals surface area (Å²) in [5.41, 5.74) is 3.81. The normalized spacial score (nSPS) is 18.2. The second-order valence-corrected chi connectivity index (χ2v) is 8.50. The van der Waals surface area contributed by atoms with Gasteiger partial charge in [0.25, 0.3) is 0 Å². The van der Waals surface area contributed by atoms with Crippen LogP contribution in [0.5, 0.6) is 0 Å². The molecule has 1 aliphatic heterocycles. The standard InChI is InChI=1S/C22H19ClN4OS/c23-16-10-5-4-9-15(16)20-19-17(11-6-12-18(19)28)24-21-25-22(26-27(20)21)29-13-14-7-2-1-3-8-14/h1-5,7-10,20H,6,11-13H2,(H,24,25,26). The highest BCUT2D eigenvalue weighted by atomic mass is 35.5. The van der Waals surface area contributed by atoms with Gasteiger partial charge in [-0.3, -0.25) is 4.79 Å². The Hall–Kier alpha value is -2.57. The fourth-order valence-electron chi connectivity index (χ4n) is 3.90. The number of hydrogen-bond donors (Lipinski definition) is 1. The van der Waals surface area contributed by atoms with Crippen molar-refractivity contribution in [2.45, 2.75) is 36.2 Å². The molecule has 2 heterocycles. The molecule has 3 aromatic rings. The highest BCUT2D eigenvalue weighted by molar-refractivity contribution is 7.98. The topological polar surface area (TPSA) is 59.8 Å². The minimum Gasteiger partial charge on any atom is -0.328 e. The summed E-state index contributed by atoms with van der Waals surface area (Å²) in [5, 5.41) is 9.42. The van der Waals surface area contributed by atoms with Gasteiger partial charge in [-0.05, 0) is 24.5 Å². The van der Waals surface area contributed by atoms with Gasteiger partial charge < -0.3 is 5.32 Å². The van der Waals surface area contributed by atoms with Gasteiger partial charge in [-0.25, -0.2) is 4.68 Å². The van der Waals surface area contributed by atoms with E-state index in [4.69, 9.17) is 21.7 Å². The van der Waals surface area contributed by atoms with Gasteiger partial charge in [-0.2, -0.15) is 4.98 Å². The van der Waals surface area contributed by atoms with Crippen molar-refractivity contribution in [2.24, 2.45) is 0 Å². The smallest absolute Gasteiger partial charge is 0.227 e. The molecule has 5 nitrogen and oxygen atoms in total. The third-order valence-electron chi connectivity index (χ3n) is 5.26. The number of hydrogen-bond acceptors (Lipinski definition) is 5. The Morgan fingerprint density at radius 1 is 1.10 bits per heavy atom. The molecule has 1 aromatic heterocycles. The number of carbonyl (C=O) groups excluding carboxylic acids is 1. The first-order valence-electron chi connectivity index (χ1n) is 9.61. The van der Waals surface area contributed by atoms with Crippen LogP contribution in [0.3, 0.4) is 0 Å². The molecule has 0 saturated heterocycles. The number of nitrogens with zero attached hydrogens (tertiary/aromatic N) is 3. The van der Waals surface area contributed by atoms with Crippen molar-refractivity contribution in [2.75, 3.05) is 5.32 Å². The molecular formula is C22H19ClN4OS. The molecule has 2 aliphatic rings. The number of Topliss-reactive ketones (excluding diaryl/α,β-unsaturated/α-hetero) is 1. The highest BCUT2D eigenvalue weighted by Gasteiger charge is 2.37. The summed E-state index contributed by atoms with van der Waals surface area (Å²) < 4.78 is 1.82. The fourth-order valence-corrected chi connectivity index (χ4v) is 4.93. The molecule has 1 aliphatic carbocycles. The number of rotatable bonds is 4. The molecule has 0 bridgehead atoms. The summed E-state index contributed by atoms with van der Waals surface area (Å²) in [6.07, 6.45) is 2.24. The summed E-state index contributed by atoms with van der Waals surface area (Å²) in [6, 6.07) is 17.6. The van der Waals surface area contributed by atoms with Crippen LogP contribution in [0.1, 0.15) is 36.4 Å². The molecule has 146 valence electrons. The number of thioether (sulfide) groups is 1. The minimum absolute atomic E-state index is 0.156. The van der Waals surface area contributed by atoms with Crippen molar-refractivity contribution in [3.63, 3.8) is 0 Å². The molecule has 0 spiro atoms. The largest absolute Gasteiger partial charge is 0.328 e. The van der Waals surface area contributed by atoms with Gasteiger partial charge in [0.05, 0.1) is 0 Å². The van der Waals surface area contributed by atoms with E-state index in [0.29, 0.717) is 22.5 Å². The van der Waals surface area contributed by atoms with Crippen LogP contribution in [-0.2, 0) is 10.5 Å². The number of benzene rings is 2. The average molecular weight is 423 g/mol. The molecule has 1 atom stereocenters. The number of fused-ring (bicyclic) bond motifs is 1. The first-order valence-corrected chi connectivity index (χ1v) is 11.0. The van der Waals surface area contributed by atoms with E-state index >= 15 is 0 Å². The number of carbonyl (C=O) groups is 1. The molecule has 7 heteroatoms. The number of allylic oxidation sites excluding steroid dienone is 2. The van der Waals surface area contributed by atoms with Gasteiger partial charge in [0, 0.05) is 34.0 Å². The Morgan fingerprint density at radius 3 is 2.72 bits per heavy atom. The molecule has 29 heavy (non-hydrogen) atoms. The van der Waals surface area contributed by atoms with E-state index in [1.165, 1.54) is 5.56 Å². The third kappa shape index (κ3) is 3.47. The van der Waals surface area contributed by atoms with Gasteiger partial charge in [0.2, 0.25) is 11.1 Å². The van der Waals surface area contributed by atoms with E-state index < -0.39 is 0 Å². The van der Waals surface area contributed by atoms with Crippen LogP contribution in [0.25, 0.3) is 0 Å². The third-order valence-corrected chi connectivity index (χ3v) is 6.51. The zero-order valence-corrected chi connectivity index (χ0v) is 17.2. The van der Waals surface area contributed by atoms with Crippen molar-refractivity contribution in [1.29, 1.82) is 0 Å². The molecule has 0 radical (unpaired) electrons. The summed E-state index contributed by atoms with van der Waals surface area (Å²) in [6.45, 7) is 0. The minimum atomic E-state index is -0.346. The molecule has 1 unspecified atom stereocenters. The number of ketones is 1. The molecule has 1 N–H and O–H groups in total. The molecular weight excluding hydrogens is 404 g/mol. The van der Waals surface area contributed by atoms with E-state index in [1.54, 1.807) is 11.8 Å². The van der Waals surface area contributed by atoms with Crippen LogP contribution in [0.2, 0.25) is 5.02 Å². The van der Waals surface area contributed by atoms with Crippen LogP contribution in [0, 0.1) is 0 Å². The van der Waals surface area contributed by atoms with Gasteiger partial charge >= 0.3 is 0 Å². The van der Waals surface area contributed by atoms with E-state index in [1.807, 2.05) is 47.1 Å². The highest BCUT2D eigenvalue weighted by Crippen LogP contribution is 2.42. The molecule has 0 amide bonds. The number of halogens is 1. The lowest BCUT2D eigenvalue weighted by atomic mass is 9.85. The van der Waals surface area contributed by atoms with Crippen LogP contribution < -0.4 is 5.32 Å². The van der Waals surface area contributed by atoms with Crippen molar-refractivity contribution in [1.82, 2.24) is 14.8 Å². The Morgan fingerprint density at radius 2 is 1.90 bits per heavy atom. The molecule has 0 saturated carbocycles. The Kier molecular flexibility index (Phi) is 4.89. The first-order chi connectivity index (χ1) is 14.2. The second kappa shape index (κ2) is 7.69.